The Labute approximate surface area is 180 Å². The van der Waals surface area contributed by atoms with E-state index in [2.05, 4.69) is 60.2 Å². The van der Waals surface area contributed by atoms with Crippen LogP contribution in [0.2, 0.25) is 0 Å². The van der Waals surface area contributed by atoms with Gasteiger partial charge in [0.25, 0.3) is 5.91 Å². The van der Waals surface area contributed by atoms with Crippen molar-refractivity contribution in [1.29, 1.82) is 0 Å². The number of benzene rings is 2. The minimum atomic E-state index is 0.149. The Kier molecular flexibility index (Phi) is 6.82. The van der Waals surface area contributed by atoms with Crippen molar-refractivity contribution in [3.8, 4) is 11.1 Å². The number of amides is 1. The first-order valence-electron chi connectivity index (χ1n) is 11.1. The third kappa shape index (κ3) is 5.09. The Balaban J connectivity index is 1.49. The summed E-state index contributed by atoms with van der Waals surface area (Å²) in [6, 6.07) is 14.9. The summed E-state index contributed by atoms with van der Waals surface area (Å²) in [4.78, 5) is 19.9. The van der Waals surface area contributed by atoms with Gasteiger partial charge in [-0.25, -0.2) is 0 Å². The van der Waals surface area contributed by atoms with Crippen LogP contribution in [0, 0.1) is 6.92 Å². The number of carbonyl (C=O) groups excluding carboxylic acids is 1. The smallest absolute Gasteiger partial charge is 0.253 e. The molecule has 0 atom stereocenters. The molecule has 0 aromatic heterocycles. The lowest BCUT2D eigenvalue weighted by Gasteiger charge is -2.26. The third-order valence-electron chi connectivity index (χ3n) is 6.27. The van der Waals surface area contributed by atoms with Gasteiger partial charge in [-0.3, -0.25) is 9.69 Å². The molecule has 2 aliphatic rings. The maximum absolute atomic E-state index is 13.1. The number of hydrogen-bond donors (Lipinski definition) is 0. The Morgan fingerprint density at radius 1 is 0.933 bits per heavy atom. The molecule has 30 heavy (non-hydrogen) atoms. The number of nitrogens with zero attached hydrogens (tertiary/aromatic N) is 3. The zero-order valence-electron chi connectivity index (χ0n) is 18.3. The summed E-state index contributed by atoms with van der Waals surface area (Å²) in [6.45, 7) is 10.4. The summed E-state index contributed by atoms with van der Waals surface area (Å²) in [5.41, 5.74) is 5.62. The second-order valence-corrected chi connectivity index (χ2v) is 8.56. The highest BCUT2D eigenvalue weighted by Gasteiger charge is 2.20. The summed E-state index contributed by atoms with van der Waals surface area (Å²) < 4.78 is 5.44. The molecule has 160 valence electrons. The van der Waals surface area contributed by atoms with E-state index in [0.717, 1.165) is 76.6 Å². The molecule has 5 heteroatoms. The Hall–Kier alpha value is -2.21. The van der Waals surface area contributed by atoms with Crippen LogP contribution in [0.15, 0.2) is 42.5 Å². The van der Waals surface area contributed by atoms with E-state index in [1.54, 1.807) is 0 Å². The van der Waals surface area contributed by atoms with Gasteiger partial charge in [-0.1, -0.05) is 30.3 Å². The molecule has 0 spiro atoms. The zero-order chi connectivity index (χ0) is 20.9. The molecule has 2 heterocycles. The van der Waals surface area contributed by atoms with Gasteiger partial charge in [0.15, 0.2) is 0 Å². The van der Waals surface area contributed by atoms with Crippen LogP contribution in [-0.4, -0.2) is 80.1 Å². The van der Waals surface area contributed by atoms with Crippen LogP contribution in [0.25, 0.3) is 11.1 Å². The average Bonchev–Trinajstić information content (AvgIpc) is 2.99. The lowest BCUT2D eigenvalue weighted by atomic mass is 9.96. The maximum Gasteiger partial charge on any atom is 0.253 e. The van der Waals surface area contributed by atoms with Crippen LogP contribution >= 0.6 is 0 Å². The number of likely N-dealkylation sites (N-methyl/N-ethyl adjacent to an activating group) is 1. The van der Waals surface area contributed by atoms with E-state index >= 15 is 0 Å². The molecule has 1 amide bonds. The van der Waals surface area contributed by atoms with Gasteiger partial charge in [-0.15, -0.1) is 0 Å². The standard InChI is InChI=1S/C25H33N3O2/c1-20-4-7-23(25(29)28-11-3-10-26(2)12-13-28)18-24(20)22-8-5-21(6-9-22)19-27-14-16-30-17-15-27/h4-9,18H,3,10-17,19H2,1-2H3. The largest absolute Gasteiger partial charge is 0.379 e. The third-order valence-corrected chi connectivity index (χ3v) is 6.27. The lowest BCUT2D eigenvalue weighted by molar-refractivity contribution is 0.0342. The fourth-order valence-electron chi connectivity index (χ4n) is 4.31. The summed E-state index contributed by atoms with van der Waals surface area (Å²) in [5.74, 6) is 0.149. The number of hydrogen-bond acceptors (Lipinski definition) is 4. The van der Waals surface area contributed by atoms with Gasteiger partial charge < -0.3 is 14.5 Å². The number of carbonyl (C=O) groups is 1. The fourth-order valence-corrected chi connectivity index (χ4v) is 4.31. The van der Waals surface area contributed by atoms with E-state index in [-0.39, 0.29) is 5.91 Å². The van der Waals surface area contributed by atoms with Crippen LogP contribution in [-0.2, 0) is 11.3 Å². The van der Waals surface area contributed by atoms with E-state index in [0.29, 0.717) is 0 Å². The van der Waals surface area contributed by atoms with Crippen molar-refractivity contribution >= 4 is 5.91 Å². The maximum atomic E-state index is 13.1. The van der Waals surface area contributed by atoms with E-state index in [1.165, 1.54) is 16.7 Å². The quantitative estimate of drug-likeness (QED) is 0.779. The Morgan fingerprint density at radius 2 is 1.70 bits per heavy atom. The van der Waals surface area contributed by atoms with Crippen molar-refractivity contribution < 1.29 is 9.53 Å². The van der Waals surface area contributed by atoms with E-state index in [9.17, 15) is 4.79 Å². The summed E-state index contributed by atoms with van der Waals surface area (Å²) in [7, 11) is 2.13. The second-order valence-electron chi connectivity index (χ2n) is 8.56. The first-order chi connectivity index (χ1) is 14.6. The van der Waals surface area contributed by atoms with Gasteiger partial charge in [-0.05, 0) is 61.3 Å². The van der Waals surface area contributed by atoms with Crippen molar-refractivity contribution in [2.45, 2.75) is 19.9 Å². The molecule has 2 aromatic rings. The molecular weight excluding hydrogens is 374 g/mol. The molecular formula is C25H33N3O2. The Morgan fingerprint density at radius 3 is 2.47 bits per heavy atom. The molecule has 2 aromatic carbocycles. The highest BCUT2D eigenvalue weighted by molar-refractivity contribution is 5.95. The molecule has 4 rings (SSSR count). The molecule has 2 aliphatic heterocycles. The molecule has 0 radical (unpaired) electrons. The lowest BCUT2D eigenvalue weighted by Crippen LogP contribution is -2.35. The van der Waals surface area contributed by atoms with Gasteiger partial charge >= 0.3 is 0 Å². The number of morpholine rings is 1. The van der Waals surface area contributed by atoms with Gasteiger partial charge in [0.05, 0.1) is 13.2 Å². The first kappa shape index (κ1) is 21.0. The van der Waals surface area contributed by atoms with Crippen LogP contribution in [0.4, 0.5) is 0 Å². The van der Waals surface area contributed by atoms with Gasteiger partial charge in [0.1, 0.15) is 0 Å². The summed E-state index contributed by atoms with van der Waals surface area (Å²) in [6.07, 6.45) is 1.03. The minimum absolute atomic E-state index is 0.149. The zero-order valence-corrected chi connectivity index (χ0v) is 18.3. The molecule has 0 bridgehead atoms. The number of rotatable bonds is 4. The van der Waals surface area contributed by atoms with Crippen molar-refractivity contribution in [2.75, 3.05) is 59.5 Å². The molecule has 2 fully saturated rings. The van der Waals surface area contributed by atoms with E-state index in [1.807, 2.05) is 11.0 Å². The van der Waals surface area contributed by atoms with Crippen molar-refractivity contribution in [1.82, 2.24) is 14.7 Å². The fraction of sp³-hybridized carbons (Fsp3) is 0.480. The second kappa shape index (κ2) is 9.73. The monoisotopic (exact) mass is 407 g/mol. The minimum Gasteiger partial charge on any atom is -0.379 e. The highest BCUT2D eigenvalue weighted by atomic mass is 16.5. The molecule has 2 saturated heterocycles. The average molecular weight is 408 g/mol. The van der Waals surface area contributed by atoms with Crippen LogP contribution in [0.1, 0.15) is 27.9 Å². The van der Waals surface area contributed by atoms with Crippen molar-refractivity contribution in [3.05, 3.63) is 59.2 Å². The van der Waals surface area contributed by atoms with Gasteiger partial charge in [0.2, 0.25) is 0 Å². The highest BCUT2D eigenvalue weighted by Crippen LogP contribution is 2.26. The summed E-state index contributed by atoms with van der Waals surface area (Å²) in [5, 5.41) is 0. The molecule has 0 unspecified atom stereocenters. The topological polar surface area (TPSA) is 36.0 Å². The van der Waals surface area contributed by atoms with Gasteiger partial charge in [-0.2, -0.15) is 0 Å². The predicted octanol–water partition coefficient (Wildman–Crippen LogP) is 3.27. The normalized spacial score (nSPS) is 18.9. The molecule has 0 saturated carbocycles. The van der Waals surface area contributed by atoms with Crippen LogP contribution < -0.4 is 0 Å². The van der Waals surface area contributed by atoms with Crippen LogP contribution in [0.3, 0.4) is 0 Å². The summed E-state index contributed by atoms with van der Waals surface area (Å²) >= 11 is 0. The molecule has 0 N–H and O–H groups in total. The predicted molar refractivity (Wildman–Crippen MR) is 121 cm³/mol. The molecule has 0 aliphatic carbocycles. The SMILES string of the molecule is Cc1ccc(C(=O)N2CCCN(C)CC2)cc1-c1ccc(CN2CCOCC2)cc1. The molecule has 5 nitrogen and oxygen atoms in total. The number of aryl methyl sites for hydroxylation is 1. The van der Waals surface area contributed by atoms with Crippen molar-refractivity contribution in [3.63, 3.8) is 0 Å². The Bertz CT molecular complexity index is 859. The van der Waals surface area contributed by atoms with E-state index < -0.39 is 0 Å². The van der Waals surface area contributed by atoms with Gasteiger partial charge in [0, 0.05) is 44.8 Å². The number of ether oxygens (including phenoxy) is 1. The first-order valence-corrected chi connectivity index (χ1v) is 11.1. The van der Waals surface area contributed by atoms with E-state index in [4.69, 9.17) is 4.74 Å². The van der Waals surface area contributed by atoms with Crippen molar-refractivity contribution in [2.24, 2.45) is 0 Å². The van der Waals surface area contributed by atoms with Crippen LogP contribution in [0.5, 0.6) is 0 Å².